The predicted octanol–water partition coefficient (Wildman–Crippen LogP) is 1.65. The van der Waals surface area contributed by atoms with E-state index in [4.69, 9.17) is 9.47 Å². The Labute approximate surface area is 87.2 Å². The predicted molar refractivity (Wildman–Crippen MR) is 55.6 cm³/mol. The van der Waals surface area contributed by atoms with Crippen LogP contribution < -0.4 is 0 Å². The average Bonchev–Trinajstić information content (AvgIpc) is 2.74. The van der Waals surface area contributed by atoms with E-state index >= 15 is 0 Å². The first-order valence-electron chi connectivity index (χ1n) is 5.07. The Balaban J connectivity index is 1.96. The van der Waals surface area contributed by atoms with E-state index in [9.17, 15) is 0 Å². The Bertz CT molecular complexity index is 427. The molecule has 0 amide bonds. The molecule has 0 unspecified atom stereocenters. The van der Waals surface area contributed by atoms with E-state index in [0.717, 1.165) is 16.9 Å². The van der Waals surface area contributed by atoms with Crippen LogP contribution in [-0.4, -0.2) is 29.8 Å². The van der Waals surface area contributed by atoms with Crippen LogP contribution in [0.15, 0.2) is 24.3 Å². The summed E-state index contributed by atoms with van der Waals surface area (Å²) in [6.45, 7) is 1.90. The van der Waals surface area contributed by atoms with Crippen molar-refractivity contribution in [2.24, 2.45) is 0 Å². The number of nitrogens with one attached hydrogen (secondary N) is 1. The van der Waals surface area contributed by atoms with Crippen LogP contribution in [0.3, 0.4) is 0 Å². The highest BCUT2D eigenvalue weighted by Crippen LogP contribution is 2.20. The van der Waals surface area contributed by atoms with E-state index in [0.29, 0.717) is 19.8 Å². The van der Waals surface area contributed by atoms with Gasteiger partial charge in [-0.15, -0.1) is 0 Å². The molecule has 1 saturated heterocycles. The van der Waals surface area contributed by atoms with Crippen LogP contribution in [0.4, 0.5) is 0 Å². The Kier molecular flexibility index (Phi) is 2.16. The average molecular weight is 204 g/mol. The van der Waals surface area contributed by atoms with Gasteiger partial charge in [-0.1, -0.05) is 12.1 Å². The lowest BCUT2D eigenvalue weighted by atomic mass is 10.3. The third-order valence-electron chi connectivity index (χ3n) is 2.53. The summed E-state index contributed by atoms with van der Waals surface area (Å²) in [5, 5.41) is 0. The molecule has 0 radical (unpaired) electrons. The molecule has 2 aromatic rings. The quantitative estimate of drug-likeness (QED) is 0.768. The first-order chi connectivity index (χ1) is 7.43. The van der Waals surface area contributed by atoms with Gasteiger partial charge in [-0.05, 0) is 12.1 Å². The highest BCUT2D eigenvalue weighted by Gasteiger charge is 2.19. The van der Waals surface area contributed by atoms with Gasteiger partial charge in [-0.2, -0.15) is 0 Å². The van der Waals surface area contributed by atoms with Crippen LogP contribution in [0.5, 0.6) is 0 Å². The molecular formula is C11H12N2O2. The maximum Gasteiger partial charge on any atom is 0.138 e. The van der Waals surface area contributed by atoms with Crippen molar-refractivity contribution >= 4 is 11.0 Å². The summed E-state index contributed by atoms with van der Waals surface area (Å²) >= 11 is 0. The summed E-state index contributed by atoms with van der Waals surface area (Å²) in [7, 11) is 0. The molecule has 1 N–H and O–H groups in total. The smallest absolute Gasteiger partial charge is 0.138 e. The van der Waals surface area contributed by atoms with Crippen molar-refractivity contribution in [2.75, 3.05) is 19.8 Å². The first kappa shape index (κ1) is 8.88. The lowest BCUT2D eigenvalue weighted by molar-refractivity contribution is -0.0931. The Morgan fingerprint density at radius 1 is 1.27 bits per heavy atom. The molecule has 3 rings (SSSR count). The van der Waals surface area contributed by atoms with Gasteiger partial charge in [-0.3, -0.25) is 0 Å². The lowest BCUT2D eigenvalue weighted by Crippen LogP contribution is -2.22. The third-order valence-corrected chi connectivity index (χ3v) is 2.53. The molecule has 1 aliphatic heterocycles. The van der Waals surface area contributed by atoms with Crippen molar-refractivity contribution in [3.05, 3.63) is 30.1 Å². The number of para-hydroxylation sites is 2. The molecular weight excluding hydrogens is 192 g/mol. The van der Waals surface area contributed by atoms with Crippen LogP contribution in [0.25, 0.3) is 11.0 Å². The second-order valence-corrected chi connectivity index (χ2v) is 3.57. The Morgan fingerprint density at radius 3 is 3.00 bits per heavy atom. The Morgan fingerprint density at radius 2 is 2.20 bits per heavy atom. The number of H-pyrrole nitrogens is 1. The largest absolute Gasteiger partial charge is 0.376 e. The van der Waals surface area contributed by atoms with Crippen LogP contribution in [0.2, 0.25) is 0 Å². The van der Waals surface area contributed by atoms with Crippen LogP contribution >= 0.6 is 0 Å². The standard InChI is InChI=1S/C11H12N2O2/c1-2-4-9-8(3-1)12-11(13-9)10-7-14-5-6-15-10/h1-4,10H,5-7H2,(H,12,13)/t10-/m1/s1. The van der Waals surface area contributed by atoms with Gasteiger partial charge in [0.05, 0.1) is 30.9 Å². The monoisotopic (exact) mass is 204 g/mol. The minimum absolute atomic E-state index is 0.0499. The van der Waals surface area contributed by atoms with Gasteiger partial charge in [0.25, 0.3) is 0 Å². The number of imidazole rings is 1. The molecule has 1 aliphatic rings. The number of ether oxygens (including phenoxy) is 2. The minimum Gasteiger partial charge on any atom is -0.376 e. The minimum atomic E-state index is -0.0499. The summed E-state index contributed by atoms with van der Waals surface area (Å²) in [4.78, 5) is 7.72. The molecule has 4 heteroatoms. The van der Waals surface area contributed by atoms with Gasteiger partial charge in [0.1, 0.15) is 11.9 Å². The van der Waals surface area contributed by atoms with Crippen molar-refractivity contribution < 1.29 is 9.47 Å². The molecule has 1 aromatic heterocycles. The molecule has 78 valence electrons. The topological polar surface area (TPSA) is 47.1 Å². The number of aromatic nitrogens is 2. The van der Waals surface area contributed by atoms with Crippen molar-refractivity contribution in [3.63, 3.8) is 0 Å². The molecule has 0 bridgehead atoms. The second-order valence-electron chi connectivity index (χ2n) is 3.57. The van der Waals surface area contributed by atoms with Gasteiger partial charge in [0.2, 0.25) is 0 Å². The molecule has 1 atom stereocenters. The van der Waals surface area contributed by atoms with Gasteiger partial charge in [0.15, 0.2) is 0 Å². The summed E-state index contributed by atoms with van der Waals surface area (Å²) in [6.07, 6.45) is -0.0499. The molecule has 1 fully saturated rings. The SMILES string of the molecule is c1ccc2[nH]c([C@H]3COCCO3)nc2c1. The molecule has 0 aliphatic carbocycles. The first-order valence-corrected chi connectivity index (χ1v) is 5.07. The number of fused-ring (bicyclic) bond motifs is 1. The van der Waals surface area contributed by atoms with Crippen LogP contribution in [0.1, 0.15) is 11.9 Å². The number of aromatic amines is 1. The van der Waals surface area contributed by atoms with Crippen molar-refractivity contribution in [1.29, 1.82) is 0 Å². The van der Waals surface area contributed by atoms with E-state index < -0.39 is 0 Å². The highest BCUT2D eigenvalue weighted by atomic mass is 16.6. The zero-order valence-corrected chi connectivity index (χ0v) is 8.27. The van der Waals surface area contributed by atoms with E-state index in [2.05, 4.69) is 9.97 Å². The maximum atomic E-state index is 5.57. The van der Waals surface area contributed by atoms with Gasteiger partial charge in [0, 0.05) is 0 Å². The normalized spacial score (nSPS) is 22.0. The number of benzene rings is 1. The summed E-state index contributed by atoms with van der Waals surface area (Å²) in [5.74, 6) is 0.857. The van der Waals surface area contributed by atoms with E-state index in [-0.39, 0.29) is 6.10 Å². The summed E-state index contributed by atoms with van der Waals surface area (Å²) in [5.41, 5.74) is 2.02. The Hall–Kier alpha value is -1.39. The number of hydrogen-bond donors (Lipinski definition) is 1. The van der Waals surface area contributed by atoms with Crippen LogP contribution in [-0.2, 0) is 9.47 Å². The van der Waals surface area contributed by atoms with E-state index in [1.165, 1.54) is 0 Å². The molecule has 2 heterocycles. The number of hydrogen-bond acceptors (Lipinski definition) is 3. The fourth-order valence-corrected chi connectivity index (χ4v) is 1.77. The summed E-state index contributed by atoms with van der Waals surface area (Å²) in [6, 6.07) is 7.96. The molecule has 15 heavy (non-hydrogen) atoms. The second kappa shape index (κ2) is 3.64. The highest BCUT2D eigenvalue weighted by molar-refractivity contribution is 5.74. The van der Waals surface area contributed by atoms with Gasteiger partial charge >= 0.3 is 0 Å². The van der Waals surface area contributed by atoms with Crippen LogP contribution in [0, 0.1) is 0 Å². The lowest BCUT2D eigenvalue weighted by Gasteiger charge is -2.20. The summed E-state index contributed by atoms with van der Waals surface area (Å²) < 4.78 is 10.9. The fourth-order valence-electron chi connectivity index (χ4n) is 1.77. The molecule has 4 nitrogen and oxygen atoms in total. The molecule has 0 saturated carbocycles. The zero-order valence-electron chi connectivity index (χ0n) is 8.27. The number of rotatable bonds is 1. The maximum absolute atomic E-state index is 5.57. The van der Waals surface area contributed by atoms with E-state index in [1.54, 1.807) is 0 Å². The van der Waals surface area contributed by atoms with Gasteiger partial charge < -0.3 is 14.5 Å². The zero-order chi connectivity index (χ0) is 10.1. The van der Waals surface area contributed by atoms with Gasteiger partial charge in [-0.25, -0.2) is 4.98 Å². The number of nitrogens with zero attached hydrogens (tertiary/aromatic N) is 1. The van der Waals surface area contributed by atoms with E-state index in [1.807, 2.05) is 24.3 Å². The van der Waals surface area contributed by atoms with Crippen molar-refractivity contribution in [1.82, 2.24) is 9.97 Å². The van der Waals surface area contributed by atoms with Crippen molar-refractivity contribution in [3.8, 4) is 0 Å². The fraction of sp³-hybridized carbons (Fsp3) is 0.364. The van der Waals surface area contributed by atoms with Crippen molar-refractivity contribution in [2.45, 2.75) is 6.10 Å². The molecule has 1 aromatic carbocycles. The third kappa shape index (κ3) is 1.62. The molecule has 0 spiro atoms.